The zero-order valence-corrected chi connectivity index (χ0v) is 13.2. The molecular formula is C15H22N6O. The van der Waals surface area contributed by atoms with E-state index in [1.54, 1.807) is 19.4 Å². The summed E-state index contributed by atoms with van der Waals surface area (Å²) in [5.74, 6) is 2.20. The molecule has 2 aromatic rings. The number of hydrogen-bond acceptors (Lipinski definition) is 6. The maximum absolute atomic E-state index is 5.74. The molecule has 1 fully saturated rings. The highest BCUT2D eigenvalue weighted by Gasteiger charge is 2.35. The van der Waals surface area contributed by atoms with Gasteiger partial charge in [0, 0.05) is 25.5 Å². The van der Waals surface area contributed by atoms with Crippen LogP contribution in [0.2, 0.25) is 0 Å². The van der Waals surface area contributed by atoms with Gasteiger partial charge >= 0.3 is 0 Å². The Bertz CT molecular complexity index is 636. The summed E-state index contributed by atoms with van der Waals surface area (Å²) in [5.41, 5.74) is 7.89. The third-order valence-corrected chi connectivity index (χ3v) is 4.23. The van der Waals surface area contributed by atoms with Gasteiger partial charge in [0.05, 0.1) is 24.4 Å². The molecule has 1 saturated heterocycles. The van der Waals surface area contributed by atoms with Gasteiger partial charge in [-0.15, -0.1) is 0 Å². The minimum atomic E-state index is 0.183. The van der Waals surface area contributed by atoms with Crippen molar-refractivity contribution in [2.24, 2.45) is 0 Å². The number of anilines is 1. The van der Waals surface area contributed by atoms with Crippen LogP contribution in [0.25, 0.3) is 0 Å². The number of nitrogens with one attached hydrogen (secondary N) is 1. The third kappa shape index (κ3) is 2.95. The van der Waals surface area contributed by atoms with Crippen molar-refractivity contribution in [2.75, 3.05) is 19.4 Å². The second kappa shape index (κ2) is 6.02. The predicted molar refractivity (Wildman–Crippen MR) is 83.1 cm³/mol. The molecule has 7 nitrogen and oxygen atoms in total. The van der Waals surface area contributed by atoms with Crippen molar-refractivity contribution >= 4 is 5.82 Å². The number of nitrogens with two attached hydrogens (primary N) is 1. The molecule has 1 aliphatic heterocycles. The summed E-state index contributed by atoms with van der Waals surface area (Å²) in [6.07, 6.45) is 2.79. The molecule has 0 saturated carbocycles. The Morgan fingerprint density at radius 1 is 1.41 bits per heavy atom. The lowest BCUT2D eigenvalue weighted by atomic mass is 10.2. The largest absolute Gasteiger partial charge is 0.384 e. The van der Waals surface area contributed by atoms with Gasteiger partial charge in [-0.1, -0.05) is 0 Å². The average Bonchev–Trinajstić information content (AvgIpc) is 3.03. The number of H-pyrrole nitrogens is 1. The molecule has 0 radical (unpaired) electrons. The molecule has 3 heterocycles. The molecule has 118 valence electrons. The molecule has 22 heavy (non-hydrogen) atoms. The van der Waals surface area contributed by atoms with E-state index in [1.807, 2.05) is 13.8 Å². The molecular weight excluding hydrogens is 280 g/mol. The summed E-state index contributed by atoms with van der Waals surface area (Å²) in [4.78, 5) is 18.9. The van der Waals surface area contributed by atoms with Gasteiger partial charge in [-0.05, 0) is 26.3 Å². The Morgan fingerprint density at radius 2 is 2.23 bits per heavy atom. The number of aryl methyl sites for hydroxylation is 2. The SMILES string of the molecule is CO[C@@H]1C[C@@H](c2nc(C)c(C)[nH]2)N(Cc2nccc(N)n2)C1. The number of hydrogen-bond donors (Lipinski definition) is 2. The number of imidazole rings is 1. The van der Waals surface area contributed by atoms with Crippen molar-refractivity contribution in [3.63, 3.8) is 0 Å². The van der Waals surface area contributed by atoms with Crippen LogP contribution in [-0.4, -0.2) is 44.6 Å². The highest BCUT2D eigenvalue weighted by Crippen LogP contribution is 2.33. The average molecular weight is 302 g/mol. The molecule has 0 amide bonds. The number of likely N-dealkylation sites (tertiary alicyclic amines) is 1. The monoisotopic (exact) mass is 302 g/mol. The fraction of sp³-hybridized carbons (Fsp3) is 0.533. The Labute approximate surface area is 129 Å². The van der Waals surface area contributed by atoms with Crippen LogP contribution in [0.4, 0.5) is 5.82 Å². The molecule has 7 heteroatoms. The van der Waals surface area contributed by atoms with E-state index in [4.69, 9.17) is 10.5 Å². The Morgan fingerprint density at radius 3 is 2.86 bits per heavy atom. The zero-order valence-electron chi connectivity index (χ0n) is 13.2. The maximum atomic E-state index is 5.74. The lowest BCUT2D eigenvalue weighted by Gasteiger charge is -2.21. The second-order valence-electron chi connectivity index (χ2n) is 5.77. The molecule has 0 bridgehead atoms. The molecule has 3 rings (SSSR count). The van der Waals surface area contributed by atoms with Gasteiger partial charge < -0.3 is 15.5 Å². The summed E-state index contributed by atoms with van der Waals surface area (Å²) in [6, 6.07) is 1.88. The molecule has 0 aromatic carbocycles. The number of methoxy groups -OCH3 is 1. The minimum absolute atomic E-state index is 0.183. The van der Waals surface area contributed by atoms with Crippen LogP contribution in [0.1, 0.15) is 35.5 Å². The molecule has 0 aliphatic carbocycles. The van der Waals surface area contributed by atoms with Crippen LogP contribution in [0.15, 0.2) is 12.3 Å². The minimum Gasteiger partial charge on any atom is -0.384 e. The number of ether oxygens (including phenoxy) is 1. The van der Waals surface area contributed by atoms with E-state index in [0.717, 1.165) is 36.0 Å². The third-order valence-electron chi connectivity index (χ3n) is 4.23. The van der Waals surface area contributed by atoms with Gasteiger partial charge in [0.15, 0.2) is 0 Å². The van der Waals surface area contributed by atoms with E-state index >= 15 is 0 Å². The fourth-order valence-corrected chi connectivity index (χ4v) is 2.90. The van der Waals surface area contributed by atoms with E-state index in [0.29, 0.717) is 12.4 Å². The van der Waals surface area contributed by atoms with E-state index in [9.17, 15) is 0 Å². The highest BCUT2D eigenvalue weighted by molar-refractivity contribution is 5.25. The fourth-order valence-electron chi connectivity index (χ4n) is 2.90. The Kier molecular flexibility index (Phi) is 4.08. The second-order valence-corrected chi connectivity index (χ2v) is 5.77. The van der Waals surface area contributed by atoms with Gasteiger partial charge in [-0.25, -0.2) is 15.0 Å². The van der Waals surface area contributed by atoms with E-state index < -0.39 is 0 Å². The lowest BCUT2D eigenvalue weighted by molar-refractivity contribution is 0.107. The first-order valence-electron chi connectivity index (χ1n) is 7.44. The summed E-state index contributed by atoms with van der Waals surface area (Å²) in [6.45, 7) is 5.52. The van der Waals surface area contributed by atoms with Gasteiger partial charge in [0.1, 0.15) is 17.5 Å². The summed E-state index contributed by atoms with van der Waals surface area (Å²) >= 11 is 0. The predicted octanol–water partition coefficient (Wildman–Crippen LogP) is 1.36. The molecule has 0 spiro atoms. The van der Waals surface area contributed by atoms with Crippen molar-refractivity contribution in [3.8, 4) is 0 Å². The number of nitrogen functional groups attached to an aromatic ring is 1. The summed E-state index contributed by atoms with van der Waals surface area (Å²) < 4.78 is 5.54. The van der Waals surface area contributed by atoms with Crippen molar-refractivity contribution in [3.05, 3.63) is 35.3 Å². The van der Waals surface area contributed by atoms with Crippen LogP contribution in [0, 0.1) is 13.8 Å². The van der Waals surface area contributed by atoms with Crippen LogP contribution in [0.3, 0.4) is 0 Å². The molecule has 2 atom stereocenters. The van der Waals surface area contributed by atoms with Gasteiger partial charge in [0.2, 0.25) is 0 Å². The number of aromatic nitrogens is 4. The zero-order chi connectivity index (χ0) is 15.7. The molecule has 0 unspecified atom stereocenters. The Balaban J connectivity index is 1.83. The molecule has 2 aromatic heterocycles. The van der Waals surface area contributed by atoms with Gasteiger partial charge in [-0.3, -0.25) is 4.90 Å². The van der Waals surface area contributed by atoms with Crippen molar-refractivity contribution in [1.29, 1.82) is 0 Å². The van der Waals surface area contributed by atoms with Crippen LogP contribution < -0.4 is 5.73 Å². The van der Waals surface area contributed by atoms with Crippen LogP contribution in [-0.2, 0) is 11.3 Å². The number of aromatic amines is 1. The molecule has 3 N–H and O–H groups in total. The first-order chi connectivity index (χ1) is 10.6. The number of rotatable bonds is 4. The highest BCUT2D eigenvalue weighted by atomic mass is 16.5. The van der Waals surface area contributed by atoms with Gasteiger partial charge in [-0.2, -0.15) is 0 Å². The van der Waals surface area contributed by atoms with Crippen molar-refractivity contribution < 1.29 is 4.74 Å². The smallest absolute Gasteiger partial charge is 0.144 e. The van der Waals surface area contributed by atoms with E-state index in [1.165, 1.54) is 0 Å². The summed E-state index contributed by atoms with van der Waals surface area (Å²) in [7, 11) is 1.75. The van der Waals surface area contributed by atoms with Crippen LogP contribution >= 0.6 is 0 Å². The van der Waals surface area contributed by atoms with Crippen molar-refractivity contribution in [2.45, 2.75) is 39.0 Å². The van der Waals surface area contributed by atoms with E-state index in [2.05, 4.69) is 24.8 Å². The maximum Gasteiger partial charge on any atom is 0.144 e. The van der Waals surface area contributed by atoms with Crippen LogP contribution in [0.5, 0.6) is 0 Å². The normalized spacial score (nSPS) is 22.3. The first-order valence-corrected chi connectivity index (χ1v) is 7.44. The topological polar surface area (TPSA) is 93.0 Å². The first kappa shape index (κ1) is 14.9. The standard InChI is InChI=1S/C15H22N6O/c1-9-10(2)19-15(18-9)12-6-11(22-3)7-21(12)8-14-17-5-4-13(16)20-14/h4-5,11-12H,6-8H2,1-3H3,(H,18,19)(H2,16,17,20)/t11-,12+/m1/s1. The number of nitrogens with zero attached hydrogens (tertiary/aromatic N) is 4. The quantitative estimate of drug-likeness (QED) is 0.886. The lowest BCUT2D eigenvalue weighted by Crippen LogP contribution is -2.26. The van der Waals surface area contributed by atoms with Crippen molar-refractivity contribution in [1.82, 2.24) is 24.8 Å². The van der Waals surface area contributed by atoms with E-state index in [-0.39, 0.29) is 12.1 Å². The Hall–Kier alpha value is -1.99. The summed E-state index contributed by atoms with van der Waals surface area (Å²) in [5, 5.41) is 0. The molecule has 1 aliphatic rings. The van der Waals surface area contributed by atoms with Gasteiger partial charge in [0.25, 0.3) is 0 Å².